The molecule has 4 aliphatic heterocycles. The van der Waals surface area contributed by atoms with Crippen molar-refractivity contribution in [2.24, 2.45) is 17.6 Å². The van der Waals surface area contributed by atoms with Crippen LogP contribution in [0.1, 0.15) is 132 Å². The number of H-pyrrole nitrogens is 1. The number of imide groups is 1. The summed E-state index contributed by atoms with van der Waals surface area (Å²) in [5.74, 6) is 1.15. The number of hydrogen-bond acceptors (Lipinski definition) is 10. The van der Waals surface area contributed by atoms with Crippen molar-refractivity contribution in [3.05, 3.63) is 142 Å². The fourth-order valence-electron chi connectivity index (χ4n) is 12.4. The van der Waals surface area contributed by atoms with Crippen molar-refractivity contribution >= 4 is 71.7 Å². The Balaban J connectivity index is 0.850. The number of carbonyl (C=O) groups is 9. The number of piperidine rings is 1. The van der Waals surface area contributed by atoms with E-state index in [1.165, 1.54) is 15.9 Å². The molecule has 5 aromatic rings. The minimum Gasteiger partial charge on any atom is -0.370 e. The molecular formula is C61H64F2N9O12P. The van der Waals surface area contributed by atoms with Crippen molar-refractivity contribution in [3.8, 4) is 11.8 Å². The molecule has 1 aliphatic carbocycles. The average Bonchev–Trinajstić information content (AvgIpc) is 3.39. The van der Waals surface area contributed by atoms with Crippen molar-refractivity contribution in [1.29, 1.82) is 0 Å². The lowest BCUT2D eigenvalue weighted by Crippen LogP contribution is -2.62. The van der Waals surface area contributed by atoms with Gasteiger partial charge in [-0.15, -0.1) is 0 Å². The maximum Gasteiger partial charge on any atom is 0.399 e. The molecule has 4 aromatic carbocycles. The molecule has 1 aromatic heterocycles. The van der Waals surface area contributed by atoms with Crippen molar-refractivity contribution in [3.63, 3.8) is 0 Å². The van der Waals surface area contributed by atoms with Crippen LogP contribution in [0.15, 0.2) is 103 Å². The number of carbonyl (C=O) groups excluding carboxylic acids is 9. The van der Waals surface area contributed by atoms with Gasteiger partial charge in [-0.25, -0.2) is 0 Å². The van der Waals surface area contributed by atoms with Crippen LogP contribution < -0.4 is 27.0 Å². The van der Waals surface area contributed by atoms with Gasteiger partial charge in [0.15, 0.2) is 0 Å². The van der Waals surface area contributed by atoms with Crippen LogP contribution in [-0.4, -0.2) is 126 Å². The topological polar surface area (TPSA) is 311 Å². The number of aromatic nitrogens is 1. The Kier molecular flexibility index (Phi) is 17.5. The molecule has 3 saturated heterocycles. The first-order valence-corrected chi connectivity index (χ1v) is 30.0. The Labute approximate surface area is 487 Å². The minimum atomic E-state index is -5.94. The van der Waals surface area contributed by atoms with E-state index < -0.39 is 96.4 Å². The average molecular weight is 1180 g/mol. The Hall–Kier alpha value is -8.58. The van der Waals surface area contributed by atoms with Gasteiger partial charge < -0.3 is 51.2 Å². The second-order valence-corrected chi connectivity index (χ2v) is 24.1. The Bertz CT molecular complexity index is 3540. The highest BCUT2D eigenvalue weighted by Gasteiger charge is 2.51. The third-order valence-corrected chi connectivity index (χ3v) is 17.9. The molecule has 1 unspecified atom stereocenters. The van der Waals surface area contributed by atoms with E-state index in [0.29, 0.717) is 55.2 Å². The number of hydrogen-bond donors (Lipinski definition) is 8. The van der Waals surface area contributed by atoms with Gasteiger partial charge in [0.25, 0.3) is 11.8 Å². The first-order valence-electron chi connectivity index (χ1n) is 28.4. The van der Waals surface area contributed by atoms with Crippen LogP contribution in [0.25, 0.3) is 10.9 Å². The van der Waals surface area contributed by atoms with Crippen molar-refractivity contribution in [2.45, 2.75) is 126 Å². The highest BCUT2D eigenvalue weighted by molar-refractivity contribution is 7.52. The number of primary amides is 1. The Morgan fingerprint density at radius 1 is 0.824 bits per heavy atom. The monoisotopic (exact) mass is 1180 g/mol. The molecular weight excluding hydrogens is 1120 g/mol. The zero-order valence-electron chi connectivity index (χ0n) is 46.1. The normalized spacial score (nSPS) is 22.1. The molecule has 5 aliphatic rings. The summed E-state index contributed by atoms with van der Waals surface area (Å²) in [6.07, 6.45) is 3.46. The predicted molar refractivity (Wildman–Crippen MR) is 303 cm³/mol. The summed E-state index contributed by atoms with van der Waals surface area (Å²) in [6, 6.07) is 21.6. The molecule has 5 atom stereocenters. The standard InChI is InChI=1S/C61H64F2N9O12P/c62-61(63,85(82,83)84)41-21-23-45-40(31-41)32-47(65-45)55(76)67-48-34-70(58(79)39-19-17-35(18-20-39)9-7-14-36-15-8-16-43-44(36)33-71(59(43)80)49-26-28-52(74)68-56(49)77)30-29-42-22-25-50(72(42)60(48)81)57(78)66-46(24-27-51(64)73)54(75)69-53(37-10-3-1-4-11-37)38-12-5-2-6-13-38/h1-6,8,10-13,15-16,21,23,31-32,35,39,42,46,48-50,53,65H,9,17-20,22,24-30,33-34H2,(H2,64,73)(H,66,78)(H,67,76)(H,69,75)(H,68,74,77)(H2,82,83,84)/t35?,39?,42-,46+,48+,49?,50+/m1/s1. The number of nitrogens with zero attached hydrogens (tertiary/aromatic N) is 3. The lowest BCUT2D eigenvalue weighted by Gasteiger charge is -2.40. The van der Waals surface area contributed by atoms with Gasteiger partial charge in [-0.2, -0.15) is 8.78 Å². The van der Waals surface area contributed by atoms with Crippen molar-refractivity contribution in [1.82, 2.24) is 41.0 Å². The number of nitrogens with one attached hydrogen (secondary N) is 5. The van der Waals surface area contributed by atoms with Gasteiger partial charge in [0.05, 0.1) is 6.04 Å². The first-order chi connectivity index (χ1) is 40.6. The van der Waals surface area contributed by atoms with Crippen LogP contribution in [0.4, 0.5) is 8.78 Å². The van der Waals surface area contributed by atoms with Gasteiger partial charge in [-0.05, 0) is 111 Å². The third kappa shape index (κ3) is 12.9. The summed E-state index contributed by atoms with van der Waals surface area (Å²) in [5.41, 5.74) is 3.29. The SMILES string of the molecule is NC(=O)CC[C@H](NC(=O)[C@@H]1CC[C@@H]2CCN(C(=O)C3CCC(CC#Cc4cccc5c4CN(C4CCC(=O)NC4=O)C5=O)CC3)C[C@H](NC(=O)c3cc4cc(C(F)(F)P(=O)(O)O)ccc4[nH]3)C(=O)N21)C(=O)NC(c1ccccc1)c1ccccc1. The number of benzene rings is 4. The molecule has 9 amide bonds. The first kappa shape index (κ1) is 59.6. The van der Waals surface area contributed by atoms with Gasteiger partial charge in [-0.1, -0.05) is 84.6 Å². The summed E-state index contributed by atoms with van der Waals surface area (Å²) in [4.78, 5) is 149. The van der Waals surface area contributed by atoms with E-state index in [2.05, 4.69) is 38.1 Å². The number of aromatic amines is 1. The van der Waals surface area contributed by atoms with E-state index >= 15 is 4.79 Å². The number of rotatable bonds is 16. The van der Waals surface area contributed by atoms with E-state index in [9.17, 15) is 61.5 Å². The maximum atomic E-state index is 15.2. The largest absolute Gasteiger partial charge is 0.399 e. The van der Waals surface area contributed by atoms with E-state index in [1.54, 1.807) is 17.0 Å². The van der Waals surface area contributed by atoms with Gasteiger partial charge in [0, 0.05) is 78.4 Å². The lowest BCUT2D eigenvalue weighted by atomic mass is 9.80. The fourth-order valence-corrected chi connectivity index (χ4v) is 12.8. The van der Waals surface area contributed by atoms with E-state index in [-0.39, 0.29) is 98.4 Å². The van der Waals surface area contributed by atoms with Crippen molar-refractivity contribution in [2.75, 3.05) is 13.1 Å². The summed E-state index contributed by atoms with van der Waals surface area (Å²) in [7, 11) is -5.94. The molecule has 0 radical (unpaired) electrons. The molecule has 24 heteroatoms. The zero-order valence-corrected chi connectivity index (χ0v) is 47.0. The smallest absolute Gasteiger partial charge is 0.370 e. The highest BCUT2D eigenvalue weighted by atomic mass is 31.2. The molecule has 1 saturated carbocycles. The number of alkyl halides is 2. The molecule has 5 heterocycles. The summed E-state index contributed by atoms with van der Waals surface area (Å²) >= 11 is 0. The van der Waals surface area contributed by atoms with Crippen LogP contribution in [0.2, 0.25) is 0 Å². The lowest BCUT2D eigenvalue weighted by molar-refractivity contribution is -0.147. The molecule has 21 nitrogen and oxygen atoms in total. The van der Waals surface area contributed by atoms with Gasteiger partial charge in [-0.3, -0.25) is 53.0 Å². The number of amides is 9. The Morgan fingerprint density at radius 3 is 2.20 bits per heavy atom. The van der Waals surface area contributed by atoms with Gasteiger partial charge in [0.2, 0.25) is 41.4 Å². The molecule has 85 heavy (non-hydrogen) atoms. The molecule has 0 bridgehead atoms. The second kappa shape index (κ2) is 24.9. The Morgan fingerprint density at radius 2 is 1.53 bits per heavy atom. The molecule has 0 spiro atoms. The van der Waals surface area contributed by atoms with Crippen LogP contribution >= 0.6 is 7.60 Å². The predicted octanol–water partition coefficient (Wildman–Crippen LogP) is 4.75. The second-order valence-electron chi connectivity index (χ2n) is 22.4. The molecule has 4 fully saturated rings. The number of fused-ring (bicyclic) bond motifs is 3. The van der Waals surface area contributed by atoms with Crippen LogP contribution in [0.5, 0.6) is 0 Å². The summed E-state index contributed by atoms with van der Waals surface area (Å²) in [6.45, 7) is 0.000982. The maximum absolute atomic E-state index is 15.2. The molecule has 10 rings (SSSR count). The van der Waals surface area contributed by atoms with E-state index in [4.69, 9.17) is 5.73 Å². The molecule has 9 N–H and O–H groups in total. The highest BCUT2D eigenvalue weighted by Crippen LogP contribution is 2.59. The minimum absolute atomic E-state index is 0.00159. The zero-order chi connectivity index (χ0) is 60.3. The van der Waals surface area contributed by atoms with Crippen LogP contribution in [0, 0.1) is 23.7 Å². The summed E-state index contributed by atoms with van der Waals surface area (Å²) in [5, 5.41) is 10.9. The van der Waals surface area contributed by atoms with Crippen molar-refractivity contribution < 1.29 is 66.3 Å². The summed E-state index contributed by atoms with van der Waals surface area (Å²) < 4.78 is 41.3. The van der Waals surface area contributed by atoms with Gasteiger partial charge >= 0.3 is 13.3 Å². The van der Waals surface area contributed by atoms with Crippen LogP contribution in [0.3, 0.4) is 0 Å². The number of halogens is 2. The third-order valence-electron chi connectivity index (χ3n) is 16.9. The number of nitrogens with two attached hydrogens (primary N) is 1. The van der Waals surface area contributed by atoms with Gasteiger partial charge in [0.1, 0.15) is 29.9 Å². The quantitative estimate of drug-likeness (QED) is 0.0377. The fraction of sp³-hybridized carbons (Fsp3) is 0.393. The van der Waals surface area contributed by atoms with E-state index in [1.807, 2.05) is 66.7 Å². The van der Waals surface area contributed by atoms with E-state index in [0.717, 1.165) is 29.3 Å². The molecule has 444 valence electrons. The van der Waals surface area contributed by atoms with Crippen LogP contribution in [-0.2, 0) is 50.3 Å².